The molecule has 5 heteroatoms. The fourth-order valence-corrected chi connectivity index (χ4v) is 2.08. The number of rotatable bonds is 4. The number of aromatic nitrogens is 3. The zero-order valence-electron chi connectivity index (χ0n) is 12.2. The van der Waals surface area contributed by atoms with Crippen molar-refractivity contribution in [2.24, 2.45) is 0 Å². The summed E-state index contributed by atoms with van der Waals surface area (Å²) in [6, 6.07) is 15.4. The topological polar surface area (TPSA) is 70.7 Å². The molecule has 0 bridgehead atoms. The number of nitrogens with zero attached hydrogens (tertiary/aromatic N) is 2. The minimum Gasteiger partial charge on any atom is -0.345 e. The van der Waals surface area contributed by atoms with Crippen LogP contribution in [0.4, 0.5) is 0 Å². The third-order valence-corrected chi connectivity index (χ3v) is 3.33. The molecule has 2 aromatic heterocycles. The quantitative estimate of drug-likeness (QED) is 0.776. The molecule has 0 fully saturated rings. The van der Waals surface area contributed by atoms with E-state index < -0.39 is 0 Å². The van der Waals surface area contributed by atoms with E-state index in [9.17, 15) is 4.79 Å². The van der Waals surface area contributed by atoms with Gasteiger partial charge in [-0.15, -0.1) is 0 Å². The predicted octanol–water partition coefficient (Wildman–Crippen LogP) is 2.71. The second-order valence-electron chi connectivity index (χ2n) is 5.04. The molecule has 0 aliphatic carbocycles. The number of hydrogen-bond acceptors (Lipinski definition) is 3. The van der Waals surface area contributed by atoms with Gasteiger partial charge in [0.25, 0.3) is 5.91 Å². The Morgan fingerprint density at radius 2 is 2.00 bits per heavy atom. The second-order valence-corrected chi connectivity index (χ2v) is 5.04. The van der Waals surface area contributed by atoms with E-state index in [-0.39, 0.29) is 5.91 Å². The van der Waals surface area contributed by atoms with Gasteiger partial charge in [-0.3, -0.25) is 14.9 Å². The summed E-state index contributed by atoms with van der Waals surface area (Å²) in [6.07, 6.45) is 1.70. The molecule has 1 amide bonds. The van der Waals surface area contributed by atoms with Crippen molar-refractivity contribution >= 4 is 5.91 Å². The summed E-state index contributed by atoms with van der Waals surface area (Å²) in [5.41, 5.74) is 4.17. The lowest BCUT2D eigenvalue weighted by atomic mass is 10.1. The van der Waals surface area contributed by atoms with Crippen molar-refractivity contribution in [3.63, 3.8) is 0 Å². The van der Waals surface area contributed by atoms with Gasteiger partial charge in [0.2, 0.25) is 0 Å². The van der Waals surface area contributed by atoms with Crippen molar-refractivity contribution < 1.29 is 4.79 Å². The molecule has 0 spiro atoms. The van der Waals surface area contributed by atoms with Gasteiger partial charge in [-0.1, -0.05) is 35.9 Å². The minimum atomic E-state index is -0.198. The molecule has 2 N–H and O–H groups in total. The summed E-state index contributed by atoms with van der Waals surface area (Å²) in [5.74, 6) is -0.198. The Morgan fingerprint density at radius 1 is 1.18 bits per heavy atom. The first-order valence-corrected chi connectivity index (χ1v) is 7.03. The van der Waals surface area contributed by atoms with E-state index >= 15 is 0 Å². The molecule has 0 saturated carbocycles. The highest BCUT2D eigenvalue weighted by atomic mass is 16.1. The normalized spacial score (nSPS) is 10.4. The van der Waals surface area contributed by atoms with Gasteiger partial charge in [0.1, 0.15) is 5.69 Å². The average Bonchev–Trinajstić information content (AvgIpc) is 3.04. The van der Waals surface area contributed by atoms with Crippen LogP contribution in [0.2, 0.25) is 0 Å². The van der Waals surface area contributed by atoms with E-state index in [1.54, 1.807) is 12.3 Å². The summed E-state index contributed by atoms with van der Waals surface area (Å²) in [6.45, 7) is 2.42. The molecular formula is C17H16N4O. The molecule has 3 aromatic rings. The number of aromatic amines is 1. The smallest absolute Gasteiger partial charge is 0.269 e. The molecule has 22 heavy (non-hydrogen) atoms. The third kappa shape index (κ3) is 3.20. The molecule has 5 nitrogen and oxygen atoms in total. The largest absolute Gasteiger partial charge is 0.345 e. The van der Waals surface area contributed by atoms with E-state index in [0.29, 0.717) is 12.2 Å². The number of carbonyl (C=O) groups is 1. The Kier molecular flexibility index (Phi) is 3.96. The Morgan fingerprint density at radius 3 is 2.73 bits per heavy atom. The van der Waals surface area contributed by atoms with Crippen molar-refractivity contribution in [3.8, 4) is 11.3 Å². The molecule has 0 radical (unpaired) electrons. The van der Waals surface area contributed by atoms with Gasteiger partial charge in [-0.25, -0.2) is 0 Å². The number of amides is 1. The van der Waals surface area contributed by atoms with Crippen LogP contribution in [0.3, 0.4) is 0 Å². The van der Waals surface area contributed by atoms with Gasteiger partial charge in [0.05, 0.1) is 17.9 Å². The summed E-state index contributed by atoms with van der Waals surface area (Å²) in [5, 5.41) is 9.78. The molecule has 0 unspecified atom stereocenters. The Bertz CT molecular complexity index is 763. The van der Waals surface area contributed by atoms with Crippen molar-refractivity contribution in [3.05, 3.63) is 71.7 Å². The summed E-state index contributed by atoms with van der Waals surface area (Å²) in [7, 11) is 0. The van der Waals surface area contributed by atoms with Crippen LogP contribution < -0.4 is 5.32 Å². The number of carbonyl (C=O) groups excluding carboxylic acids is 1. The van der Waals surface area contributed by atoms with Crippen LogP contribution in [0.25, 0.3) is 11.3 Å². The average molecular weight is 292 g/mol. The molecule has 0 aliphatic rings. The van der Waals surface area contributed by atoms with Gasteiger partial charge in [-0.2, -0.15) is 5.10 Å². The minimum absolute atomic E-state index is 0.198. The highest BCUT2D eigenvalue weighted by Crippen LogP contribution is 2.18. The van der Waals surface area contributed by atoms with Crippen molar-refractivity contribution in [1.82, 2.24) is 20.5 Å². The van der Waals surface area contributed by atoms with E-state index in [1.165, 1.54) is 5.56 Å². The molecule has 0 saturated heterocycles. The standard InChI is InChI=1S/C17H16N4O/c1-12-5-7-13(8-6-12)15-10-16(21-20-15)17(22)19-11-14-4-2-3-9-18-14/h2-10H,11H2,1H3,(H,19,22)(H,20,21). The SMILES string of the molecule is Cc1ccc(-c2cc(C(=O)NCc3ccccn3)[nH]n2)cc1. The molecule has 2 heterocycles. The number of nitrogens with one attached hydrogen (secondary N) is 2. The predicted molar refractivity (Wildman–Crippen MR) is 84.2 cm³/mol. The Labute approximate surface area is 128 Å². The Hall–Kier alpha value is -2.95. The van der Waals surface area contributed by atoms with Crippen LogP contribution in [0.15, 0.2) is 54.7 Å². The number of hydrogen-bond donors (Lipinski definition) is 2. The van der Waals surface area contributed by atoms with Crippen LogP contribution in [0.1, 0.15) is 21.7 Å². The third-order valence-electron chi connectivity index (χ3n) is 3.33. The number of pyridine rings is 1. The molecule has 1 aromatic carbocycles. The number of aryl methyl sites for hydroxylation is 1. The fourth-order valence-electron chi connectivity index (χ4n) is 2.08. The van der Waals surface area contributed by atoms with Crippen LogP contribution in [-0.2, 0) is 6.54 Å². The van der Waals surface area contributed by atoms with Crippen LogP contribution in [0, 0.1) is 6.92 Å². The number of H-pyrrole nitrogens is 1. The van der Waals surface area contributed by atoms with Gasteiger partial charge < -0.3 is 5.32 Å². The maximum Gasteiger partial charge on any atom is 0.269 e. The lowest BCUT2D eigenvalue weighted by Gasteiger charge is -2.02. The van der Waals surface area contributed by atoms with Gasteiger partial charge >= 0.3 is 0 Å². The first-order chi connectivity index (χ1) is 10.7. The first-order valence-electron chi connectivity index (χ1n) is 7.03. The molecule has 3 rings (SSSR count). The second kappa shape index (κ2) is 6.22. The van der Waals surface area contributed by atoms with Gasteiger partial charge in [0, 0.05) is 11.8 Å². The highest BCUT2D eigenvalue weighted by Gasteiger charge is 2.10. The summed E-state index contributed by atoms with van der Waals surface area (Å²) < 4.78 is 0. The molecule has 0 aliphatic heterocycles. The van der Waals surface area contributed by atoms with Crippen LogP contribution in [0.5, 0.6) is 0 Å². The first kappa shape index (κ1) is 14.0. The summed E-state index contributed by atoms with van der Waals surface area (Å²) in [4.78, 5) is 16.3. The van der Waals surface area contributed by atoms with Crippen molar-refractivity contribution in [2.45, 2.75) is 13.5 Å². The van der Waals surface area contributed by atoms with Gasteiger partial charge in [-0.05, 0) is 25.1 Å². The fraction of sp³-hybridized carbons (Fsp3) is 0.118. The van der Waals surface area contributed by atoms with E-state index in [0.717, 1.165) is 17.0 Å². The molecule has 0 atom stereocenters. The zero-order chi connectivity index (χ0) is 15.4. The van der Waals surface area contributed by atoms with Crippen molar-refractivity contribution in [1.29, 1.82) is 0 Å². The molecule has 110 valence electrons. The monoisotopic (exact) mass is 292 g/mol. The lowest BCUT2D eigenvalue weighted by molar-refractivity contribution is 0.0945. The maximum atomic E-state index is 12.1. The van der Waals surface area contributed by atoms with E-state index in [2.05, 4.69) is 20.5 Å². The van der Waals surface area contributed by atoms with Crippen molar-refractivity contribution in [2.75, 3.05) is 0 Å². The Balaban J connectivity index is 1.68. The van der Waals surface area contributed by atoms with Crippen LogP contribution >= 0.6 is 0 Å². The lowest BCUT2D eigenvalue weighted by Crippen LogP contribution is -2.23. The zero-order valence-corrected chi connectivity index (χ0v) is 12.2. The number of benzene rings is 1. The summed E-state index contributed by atoms with van der Waals surface area (Å²) >= 11 is 0. The highest BCUT2D eigenvalue weighted by molar-refractivity contribution is 5.93. The van der Waals surface area contributed by atoms with Crippen LogP contribution in [-0.4, -0.2) is 21.1 Å². The molecular weight excluding hydrogens is 276 g/mol. The van der Waals surface area contributed by atoms with E-state index in [1.807, 2.05) is 49.4 Å². The van der Waals surface area contributed by atoms with E-state index in [4.69, 9.17) is 0 Å². The van der Waals surface area contributed by atoms with Gasteiger partial charge in [0.15, 0.2) is 0 Å². The maximum absolute atomic E-state index is 12.1.